The molecule has 1 aliphatic carbocycles. The lowest BCUT2D eigenvalue weighted by molar-refractivity contribution is -0.122. The molecule has 1 N–H and O–H groups in total. The first kappa shape index (κ1) is 18.6. The molecule has 2 heterocycles. The Balaban J connectivity index is 1.59. The minimum atomic E-state index is -0.267. The van der Waals surface area contributed by atoms with Crippen molar-refractivity contribution in [3.63, 3.8) is 0 Å². The molecule has 0 aliphatic heterocycles. The van der Waals surface area contributed by atoms with Gasteiger partial charge < -0.3 is 5.32 Å². The van der Waals surface area contributed by atoms with E-state index >= 15 is 0 Å². The number of amides is 1. The van der Waals surface area contributed by atoms with Crippen LogP contribution in [0, 0.1) is 12.7 Å². The highest BCUT2D eigenvalue weighted by atomic mass is 19.1. The van der Waals surface area contributed by atoms with Gasteiger partial charge >= 0.3 is 0 Å². The number of carbonyl (C=O) groups excluding carboxylic acids is 1. The van der Waals surface area contributed by atoms with Crippen LogP contribution in [0.5, 0.6) is 0 Å². The van der Waals surface area contributed by atoms with E-state index in [1.807, 2.05) is 13.0 Å². The standard InChI is InChI=1S/C22H25FN4O/c1-15-21-19(16-8-10-17(23)11-9-16)12-13-24-22(21)27(26-15)14-20(28)25-18-6-4-2-3-5-7-18/h8-13,18H,2-7,14H2,1H3,(H,25,28). The number of fused-ring (bicyclic) bond motifs is 1. The average molecular weight is 380 g/mol. The highest BCUT2D eigenvalue weighted by Gasteiger charge is 2.18. The largest absolute Gasteiger partial charge is 0.352 e. The number of aryl methyl sites for hydroxylation is 1. The van der Waals surface area contributed by atoms with Crippen molar-refractivity contribution in [3.05, 3.63) is 48.0 Å². The Morgan fingerprint density at radius 2 is 1.86 bits per heavy atom. The summed E-state index contributed by atoms with van der Waals surface area (Å²) in [6, 6.07) is 8.56. The third-order valence-corrected chi connectivity index (χ3v) is 5.48. The number of carbonyl (C=O) groups is 1. The normalized spacial score (nSPS) is 15.5. The van der Waals surface area contributed by atoms with Gasteiger partial charge in [-0.1, -0.05) is 37.8 Å². The first-order valence-corrected chi connectivity index (χ1v) is 9.99. The predicted octanol–water partition coefficient (Wildman–Crippen LogP) is 4.38. The second kappa shape index (κ2) is 8.09. The molecule has 0 atom stereocenters. The van der Waals surface area contributed by atoms with Crippen LogP contribution >= 0.6 is 0 Å². The highest BCUT2D eigenvalue weighted by molar-refractivity contribution is 5.95. The topological polar surface area (TPSA) is 59.8 Å². The second-order valence-corrected chi connectivity index (χ2v) is 7.56. The van der Waals surface area contributed by atoms with Gasteiger partial charge in [-0.15, -0.1) is 0 Å². The molecule has 6 heteroatoms. The van der Waals surface area contributed by atoms with Gasteiger partial charge in [0.25, 0.3) is 0 Å². The van der Waals surface area contributed by atoms with Gasteiger partial charge in [0.15, 0.2) is 5.65 Å². The molecule has 1 aromatic carbocycles. The number of aromatic nitrogens is 3. The van der Waals surface area contributed by atoms with Crippen LogP contribution in [0.2, 0.25) is 0 Å². The minimum Gasteiger partial charge on any atom is -0.352 e. The Morgan fingerprint density at radius 1 is 1.14 bits per heavy atom. The van der Waals surface area contributed by atoms with Crippen molar-refractivity contribution in [3.8, 4) is 11.1 Å². The number of halogens is 1. The zero-order valence-corrected chi connectivity index (χ0v) is 16.1. The third-order valence-electron chi connectivity index (χ3n) is 5.48. The molecule has 2 aromatic heterocycles. The first-order valence-electron chi connectivity index (χ1n) is 9.99. The van der Waals surface area contributed by atoms with Gasteiger partial charge in [0.2, 0.25) is 5.91 Å². The van der Waals surface area contributed by atoms with Crippen molar-refractivity contribution < 1.29 is 9.18 Å². The van der Waals surface area contributed by atoms with Crippen LogP contribution in [-0.2, 0) is 11.3 Å². The maximum atomic E-state index is 13.3. The van der Waals surface area contributed by atoms with Gasteiger partial charge in [-0.2, -0.15) is 5.10 Å². The zero-order chi connectivity index (χ0) is 19.5. The van der Waals surface area contributed by atoms with E-state index in [1.54, 1.807) is 23.0 Å². The van der Waals surface area contributed by atoms with Gasteiger partial charge in [-0.05, 0) is 49.1 Å². The van der Waals surface area contributed by atoms with E-state index in [0.717, 1.165) is 35.0 Å². The Bertz CT molecular complexity index is 972. The minimum absolute atomic E-state index is 0.0229. The fourth-order valence-electron chi connectivity index (χ4n) is 4.09. The van der Waals surface area contributed by atoms with Crippen molar-refractivity contribution in [2.24, 2.45) is 0 Å². The molecule has 1 aliphatic rings. The van der Waals surface area contributed by atoms with Crippen LogP contribution in [0.1, 0.15) is 44.2 Å². The fourth-order valence-corrected chi connectivity index (χ4v) is 4.09. The van der Waals surface area contributed by atoms with Crippen molar-refractivity contribution in [1.82, 2.24) is 20.1 Å². The maximum absolute atomic E-state index is 13.3. The number of hydrogen-bond acceptors (Lipinski definition) is 3. The number of nitrogens with one attached hydrogen (secondary N) is 1. The summed E-state index contributed by atoms with van der Waals surface area (Å²) in [5, 5.41) is 8.63. The Kier molecular flexibility index (Phi) is 5.37. The molecule has 0 spiro atoms. The second-order valence-electron chi connectivity index (χ2n) is 7.56. The molecule has 5 nitrogen and oxygen atoms in total. The summed E-state index contributed by atoms with van der Waals surface area (Å²) in [6.45, 7) is 2.07. The van der Waals surface area contributed by atoms with Crippen molar-refractivity contribution >= 4 is 16.9 Å². The number of hydrogen-bond donors (Lipinski definition) is 1. The molecule has 0 bridgehead atoms. The summed E-state index contributed by atoms with van der Waals surface area (Å²) in [4.78, 5) is 17.1. The lowest BCUT2D eigenvalue weighted by Crippen LogP contribution is -2.36. The van der Waals surface area contributed by atoms with Gasteiger partial charge in [0.05, 0.1) is 5.69 Å². The Labute approximate surface area is 164 Å². The summed E-state index contributed by atoms with van der Waals surface area (Å²) < 4.78 is 15.0. The van der Waals surface area contributed by atoms with Crippen LogP contribution in [0.3, 0.4) is 0 Å². The molecular weight excluding hydrogens is 355 g/mol. The number of pyridine rings is 1. The summed E-state index contributed by atoms with van der Waals surface area (Å²) in [7, 11) is 0. The summed E-state index contributed by atoms with van der Waals surface area (Å²) in [5.74, 6) is -0.290. The van der Waals surface area contributed by atoms with Crippen LogP contribution in [-0.4, -0.2) is 26.7 Å². The first-order chi connectivity index (χ1) is 13.6. The van der Waals surface area contributed by atoms with E-state index in [9.17, 15) is 9.18 Å². The monoisotopic (exact) mass is 380 g/mol. The van der Waals surface area contributed by atoms with E-state index in [2.05, 4.69) is 15.4 Å². The van der Waals surface area contributed by atoms with Crippen molar-refractivity contribution in [2.75, 3.05) is 0 Å². The summed E-state index contributed by atoms with van der Waals surface area (Å²) in [5.41, 5.74) is 3.33. The van der Waals surface area contributed by atoms with Gasteiger partial charge in [-0.25, -0.2) is 14.1 Å². The van der Waals surface area contributed by atoms with Crippen molar-refractivity contribution in [1.29, 1.82) is 0 Å². The summed E-state index contributed by atoms with van der Waals surface area (Å²) in [6.07, 6.45) is 8.68. The SMILES string of the molecule is Cc1nn(CC(=O)NC2CCCCCC2)c2nccc(-c3ccc(F)cc3)c12. The van der Waals surface area contributed by atoms with Crippen LogP contribution in [0.25, 0.3) is 22.2 Å². The van der Waals surface area contributed by atoms with Gasteiger partial charge in [0, 0.05) is 17.6 Å². The predicted molar refractivity (Wildman–Crippen MR) is 107 cm³/mol. The van der Waals surface area contributed by atoms with Crippen molar-refractivity contribution in [2.45, 2.75) is 58.0 Å². The molecule has 0 radical (unpaired) electrons. The summed E-state index contributed by atoms with van der Waals surface area (Å²) >= 11 is 0. The Hall–Kier alpha value is -2.76. The number of nitrogens with zero attached hydrogens (tertiary/aromatic N) is 3. The molecule has 28 heavy (non-hydrogen) atoms. The molecule has 0 unspecified atom stereocenters. The van der Waals surface area contributed by atoms with Crippen LogP contribution < -0.4 is 5.32 Å². The van der Waals surface area contributed by atoms with E-state index < -0.39 is 0 Å². The number of rotatable bonds is 4. The average Bonchev–Trinajstić information content (AvgIpc) is 2.85. The van der Waals surface area contributed by atoms with Crippen LogP contribution in [0.15, 0.2) is 36.5 Å². The molecular formula is C22H25FN4O. The highest BCUT2D eigenvalue weighted by Crippen LogP contribution is 2.30. The maximum Gasteiger partial charge on any atom is 0.242 e. The zero-order valence-electron chi connectivity index (χ0n) is 16.1. The van der Waals surface area contributed by atoms with E-state index in [0.29, 0.717) is 5.65 Å². The Morgan fingerprint density at radius 3 is 2.57 bits per heavy atom. The third kappa shape index (κ3) is 3.91. The van der Waals surface area contributed by atoms with Gasteiger partial charge in [0.1, 0.15) is 12.4 Å². The quantitative estimate of drug-likeness (QED) is 0.683. The molecule has 1 saturated carbocycles. The fraction of sp³-hybridized carbons (Fsp3) is 0.409. The molecule has 3 aromatic rings. The number of benzene rings is 1. The van der Waals surface area contributed by atoms with E-state index in [4.69, 9.17) is 0 Å². The van der Waals surface area contributed by atoms with Gasteiger partial charge in [-0.3, -0.25) is 4.79 Å². The lowest BCUT2D eigenvalue weighted by atomic mass is 10.0. The van der Waals surface area contributed by atoms with E-state index in [-0.39, 0.29) is 24.3 Å². The lowest BCUT2D eigenvalue weighted by Gasteiger charge is -2.16. The molecule has 0 saturated heterocycles. The van der Waals surface area contributed by atoms with Crippen LogP contribution in [0.4, 0.5) is 4.39 Å². The molecule has 1 amide bonds. The smallest absolute Gasteiger partial charge is 0.242 e. The molecule has 1 fully saturated rings. The van der Waals surface area contributed by atoms with E-state index in [1.165, 1.54) is 37.8 Å². The molecule has 146 valence electrons. The molecule has 4 rings (SSSR count).